The number of quaternary nitrogens is 1. The van der Waals surface area contributed by atoms with Gasteiger partial charge in [0.25, 0.3) is 0 Å². The highest BCUT2D eigenvalue weighted by molar-refractivity contribution is 7.47. The lowest BCUT2D eigenvalue weighted by Crippen LogP contribution is -2.37. The first-order chi connectivity index (χ1) is 46.0. The number of hydrogen-bond donors (Lipinski definition) is 1. The van der Waals surface area contributed by atoms with Crippen molar-refractivity contribution in [2.75, 3.05) is 47.5 Å². The zero-order valence-corrected chi connectivity index (χ0v) is 64.6. The molecule has 0 saturated heterocycles. The molecule has 9 nitrogen and oxygen atoms in total. The molecular weight excluding hydrogens is 1180 g/mol. The molecule has 0 aromatic heterocycles. The summed E-state index contributed by atoms with van der Waals surface area (Å²) in [4.78, 5) is 36.0. The molecule has 0 spiro atoms. The average Bonchev–Trinajstić information content (AvgIpc) is 1.65. The molecule has 0 aliphatic rings. The van der Waals surface area contributed by atoms with Gasteiger partial charge in [-0.15, -0.1) is 0 Å². The van der Waals surface area contributed by atoms with Crippen LogP contribution in [-0.4, -0.2) is 74.9 Å². The first-order valence-electron chi connectivity index (χ1n) is 41.7. The van der Waals surface area contributed by atoms with Crippen molar-refractivity contribution >= 4 is 19.8 Å². The Morgan fingerprint density at radius 3 is 0.851 bits per heavy atom. The van der Waals surface area contributed by atoms with Crippen molar-refractivity contribution < 1.29 is 42.1 Å². The molecule has 0 amide bonds. The number of nitrogens with zero attached hydrogens (tertiary/aromatic N) is 1. The molecule has 0 rings (SSSR count). The maximum absolute atomic E-state index is 12.9. The molecule has 0 fully saturated rings. The minimum atomic E-state index is -4.39. The van der Waals surface area contributed by atoms with E-state index >= 15 is 0 Å². The van der Waals surface area contributed by atoms with Crippen LogP contribution in [0.3, 0.4) is 0 Å². The van der Waals surface area contributed by atoms with E-state index in [4.69, 9.17) is 18.5 Å². The molecule has 10 heteroatoms. The zero-order valence-electron chi connectivity index (χ0n) is 63.7. The second-order valence-corrected chi connectivity index (χ2v) is 31.3. The van der Waals surface area contributed by atoms with E-state index in [0.717, 1.165) is 38.5 Å². The molecule has 0 aliphatic carbocycles. The molecule has 0 bridgehead atoms. The van der Waals surface area contributed by atoms with Crippen LogP contribution in [-0.2, 0) is 32.7 Å². The number of rotatable bonds is 79. The van der Waals surface area contributed by atoms with Crippen molar-refractivity contribution in [2.24, 2.45) is 0 Å². The van der Waals surface area contributed by atoms with E-state index in [1.54, 1.807) is 0 Å². The average molecular weight is 1350 g/mol. The topological polar surface area (TPSA) is 108 Å². The molecule has 0 aromatic rings. The molecular formula is C84H163NO8P+. The number of ether oxygens (including phenoxy) is 2. The minimum absolute atomic E-state index is 0.0351. The van der Waals surface area contributed by atoms with Gasteiger partial charge in [-0.25, -0.2) is 4.57 Å². The smallest absolute Gasteiger partial charge is 0.462 e. The van der Waals surface area contributed by atoms with Crippen LogP contribution in [0.5, 0.6) is 0 Å². The van der Waals surface area contributed by atoms with Crippen LogP contribution in [0.15, 0.2) is 36.5 Å². The van der Waals surface area contributed by atoms with Crippen LogP contribution in [0.4, 0.5) is 0 Å². The van der Waals surface area contributed by atoms with E-state index in [2.05, 4.69) is 50.3 Å². The lowest BCUT2D eigenvalue weighted by Gasteiger charge is -2.24. The second kappa shape index (κ2) is 75.4. The van der Waals surface area contributed by atoms with Crippen LogP contribution < -0.4 is 0 Å². The first-order valence-corrected chi connectivity index (χ1v) is 43.2. The predicted octanol–water partition coefficient (Wildman–Crippen LogP) is 27.7. The van der Waals surface area contributed by atoms with Gasteiger partial charge in [0.05, 0.1) is 27.7 Å². The Hall–Kier alpha value is -1.77. The van der Waals surface area contributed by atoms with Crippen LogP contribution in [0.2, 0.25) is 0 Å². The Balaban J connectivity index is 3.86. The van der Waals surface area contributed by atoms with E-state index in [1.165, 1.54) is 366 Å². The highest BCUT2D eigenvalue weighted by Gasteiger charge is 2.27. The number of unbranched alkanes of at least 4 members (excludes halogenated alkanes) is 59. The third-order valence-electron chi connectivity index (χ3n) is 19.1. The zero-order chi connectivity index (χ0) is 68.3. The number of phosphoric ester groups is 1. The van der Waals surface area contributed by atoms with Crippen LogP contribution >= 0.6 is 7.82 Å². The normalized spacial score (nSPS) is 13.1. The van der Waals surface area contributed by atoms with Crippen molar-refractivity contribution in [1.29, 1.82) is 0 Å². The van der Waals surface area contributed by atoms with Gasteiger partial charge < -0.3 is 18.9 Å². The predicted molar refractivity (Wildman–Crippen MR) is 409 cm³/mol. The summed E-state index contributed by atoms with van der Waals surface area (Å²) in [5.74, 6) is -0.771. The summed E-state index contributed by atoms with van der Waals surface area (Å²) >= 11 is 0. The van der Waals surface area contributed by atoms with E-state index in [-0.39, 0.29) is 25.6 Å². The molecule has 0 radical (unpaired) electrons. The number of hydrogen-bond acceptors (Lipinski definition) is 7. The largest absolute Gasteiger partial charge is 0.472 e. The van der Waals surface area contributed by atoms with Crippen molar-refractivity contribution in [1.82, 2.24) is 0 Å². The molecule has 94 heavy (non-hydrogen) atoms. The first kappa shape index (κ1) is 92.2. The van der Waals surface area contributed by atoms with Gasteiger partial charge >= 0.3 is 19.8 Å². The molecule has 1 N–H and O–H groups in total. The Morgan fingerprint density at radius 1 is 0.330 bits per heavy atom. The summed E-state index contributed by atoms with van der Waals surface area (Å²) in [6.07, 6.45) is 98.9. The summed E-state index contributed by atoms with van der Waals surface area (Å²) in [7, 11) is 1.50. The Bertz CT molecular complexity index is 1680. The Kier molecular flexibility index (Phi) is 74.0. The van der Waals surface area contributed by atoms with Gasteiger partial charge in [-0.05, 0) is 70.6 Å². The van der Waals surface area contributed by atoms with E-state index in [9.17, 15) is 19.0 Å². The van der Waals surface area contributed by atoms with Gasteiger partial charge in [0.1, 0.15) is 19.8 Å². The van der Waals surface area contributed by atoms with Gasteiger partial charge in [-0.2, -0.15) is 0 Å². The number of likely N-dealkylation sites (N-methyl/N-ethyl adjacent to an activating group) is 1. The standard InChI is InChI=1S/C84H162NO8P/c1-6-8-10-12-14-16-18-20-22-24-26-28-30-32-34-36-37-38-39-40-41-42-43-44-45-46-47-49-50-52-54-56-58-60-62-64-66-68-70-72-74-76-83(86)90-80-82(81-92-94(88,89)91-79-78-85(3,4)5)93-84(87)77-75-73-71-69-67-65-63-61-59-57-55-53-51-48-35-33-31-29-27-25-23-21-19-17-15-13-11-9-7-2/h19,21,24-27,82H,6-18,20,22-23,28-81H2,1-5H3/p+1/b21-19-,26-24-,27-25-. The van der Waals surface area contributed by atoms with Gasteiger partial charge in [-0.3, -0.25) is 18.6 Å². The fourth-order valence-electron chi connectivity index (χ4n) is 12.8. The monoisotopic (exact) mass is 1350 g/mol. The van der Waals surface area contributed by atoms with Crippen molar-refractivity contribution in [3.05, 3.63) is 36.5 Å². The molecule has 0 aliphatic heterocycles. The number of carbonyl (C=O) groups is 2. The molecule has 556 valence electrons. The summed E-state index contributed by atoms with van der Waals surface area (Å²) in [6.45, 7) is 4.51. The van der Waals surface area contributed by atoms with E-state index in [0.29, 0.717) is 23.9 Å². The summed E-state index contributed by atoms with van der Waals surface area (Å²) in [5, 5.41) is 0. The van der Waals surface area contributed by atoms with Gasteiger partial charge in [0, 0.05) is 12.8 Å². The van der Waals surface area contributed by atoms with Crippen LogP contribution in [0.1, 0.15) is 438 Å². The van der Waals surface area contributed by atoms with Gasteiger partial charge in [0.15, 0.2) is 6.10 Å². The minimum Gasteiger partial charge on any atom is -0.462 e. The van der Waals surface area contributed by atoms with Gasteiger partial charge in [-0.1, -0.05) is 391 Å². The quantitative estimate of drug-likeness (QED) is 0.0211. The van der Waals surface area contributed by atoms with Crippen molar-refractivity contribution in [2.45, 2.75) is 444 Å². The van der Waals surface area contributed by atoms with Gasteiger partial charge in [0.2, 0.25) is 0 Å². The highest BCUT2D eigenvalue weighted by atomic mass is 31.2. The molecule has 0 saturated carbocycles. The van der Waals surface area contributed by atoms with E-state index < -0.39 is 26.5 Å². The summed E-state index contributed by atoms with van der Waals surface area (Å²) in [5.41, 5.74) is 0. The lowest BCUT2D eigenvalue weighted by molar-refractivity contribution is -0.870. The van der Waals surface area contributed by atoms with Crippen molar-refractivity contribution in [3.8, 4) is 0 Å². The summed E-state index contributed by atoms with van der Waals surface area (Å²) < 4.78 is 34.8. The second-order valence-electron chi connectivity index (χ2n) is 29.9. The Morgan fingerprint density at radius 2 is 0.574 bits per heavy atom. The fraction of sp³-hybridized carbons (Fsp3) is 0.905. The van der Waals surface area contributed by atoms with Crippen molar-refractivity contribution in [3.63, 3.8) is 0 Å². The van der Waals surface area contributed by atoms with E-state index in [1.807, 2.05) is 21.1 Å². The molecule has 0 aromatic carbocycles. The maximum atomic E-state index is 12.9. The number of carbonyl (C=O) groups excluding carboxylic acids is 2. The third-order valence-corrected chi connectivity index (χ3v) is 20.1. The Labute approximate surface area is 586 Å². The SMILES string of the molecule is CCCCCCC/C=C\C/C=C\CCCCCCCCCCCCCCCCCCCC(=O)OC(COC(=O)CCCCCCCCCCCCCCCCCCCCCCCCCCCCCCC/C=C\CCCCCCCCCC)COP(=O)(O)OCC[N+](C)(C)C. The maximum Gasteiger partial charge on any atom is 0.472 e. The lowest BCUT2D eigenvalue weighted by atomic mass is 10.0. The van der Waals surface area contributed by atoms with Crippen LogP contribution in [0.25, 0.3) is 0 Å². The van der Waals surface area contributed by atoms with Crippen LogP contribution in [0, 0.1) is 0 Å². The molecule has 0 heterocycles. The third kappa shape index (κ3) is 79.2. The molecule has 2 unspecified atom stereocenters. The number of allylic oxidation sites excluding steroid dienone is 6. The molecule has 2 atom stereocenters. The fourth-order valence-corrected chi connectivity index (χ4v) is 13.5. The number of phosphoric acid groups is 1. The summed E-state index contributed by atoms with van der Waals surface area (Å²) in [6, 6.07) is 0. The highest BCUT2D eigenvalue weighted by Crippen LogP contribution is 2.43. The number of esters is 2.